The lowest BCUT2D eigenvalue weighted by Crippen LogP contribution is -2.06. The van der Waals surface area contributed by atoms with Gasteiger partial charge in [0.05, 0.1) is 16.2 Å². The first-order chi connectivity index (χ1) is 7.09. The highest BCUT2D eigenvalue weighted by Gasteiger charge is 2.28. The van der Waals surface area contributed by atoms with E-state index in [4.69, 9.17) is 11.5 Å². The maximum atomic E-state index is 10.8. The average Bonchev–Trinajstić information content (AvgIpc) is 2.96. The molecule has 0 spiro atoms. The zero-order valence-corrected chi connectivity index (χ0v) is 8.14. The molecule has 0 unspecified atom stereocenters. The van der Waals surface area contributed by atoms with Crippen molar-refractivity contribution in [3.05, 3.63) is 21.9 Å². The Morgan fingerprint density at radius 1 is 1.53 bits per heavy atom. The molecule has 4 N–H and O–H groups in total. The third-order valence-electron chi connectivity index (χ3n) is 2.62. The Morgan fingerprint density at radius 3 is 2.73 bits per heavy atom. The number of rotatable bonds is 3. The molecule has 1 saturated carbocycles. The number of nitro groups is 1. The fourth-order valence-corrected chi connectivity index (χ4v) is 1.55. The Bertz CT molecular complexity index is 415. The molecule has 1 aromatic rings. The summed E-state index contributed by atoms with van der Waals surface area (Å²) in [5, 5.41) is 10.8. The topological polar surface area (TPSA) is 108 Å². The molecule has 0 saturated heterocycles. The number of pyridine rings is 1. The van der Waals surface area contributed by atoms with Crippen LogP contribution in [0.15, 0.2) is 6.20 Å². The summed E-state index contributed by atoms with van der Waals surface area (Å²) in [7, 11) is 0. The van der Waals surface area contributed by atoms with Gasteiger partial charge in [0.15, 0.2) is 0 Å². The summed E-state index contributed by atoms with van der Waals surface area (Å²) in [6, 6.07) is 0. The molecule has 0 radical (unpaired) electrons. The Morgan fingerprint density at radius 2 is 2.20 bits per heavy atom. The normalized spacial score (nSPS) is 15.2. The summed E-state index contributed by atoms with van der Waals surface area (Å²) in [6.07, 6.45) is 4.04. The summed E-state index contributed by atoms with van der Waals surface area (Å²) in [5.41, 5.74) is 12.0. The maximum absolute atomic E-state index is 10.8. The van der Waals surface area contributed by atoms with E-state index in [0.29, 0.717) is 17.9 Å². The van der Waals surface area contributed by atoms with Crippen LogP contribution in [0.25, 0.3) is 0 Å². The molecule has 1 aliphatic carbocycles. The minimum atomic E-state index is -0.458. The van der Waals surface area contributed by atoms with Gasteiger partial charge in [0.25, 0.3) is 5.69 Å². The molecule has 0 atom stereocenters. The van der Waals surface area contributed by atoms with Gasteiger partial charge in [0.2, 0.25) is 0 Å². The molecule has 6 heteroatoms. The van der Waals surface area contributed by atoms with E-state index in [1.54, 1.807) is 0 Å². The van der Waals surface area contributed by atoms with Crippen LogP contribution < -0.4 is 11.5 Å². The molecule has 80 valence electrons. The monoisotopic (exact) mass is 208 g/mol. The fraction of sp³-hybridized carbons (Fsp3) is 0.444. The Labute approximate surface area is 86.4 Å². The molecule has 1 aromatic heterocycles. The van der Waals surface area contributed by atoms with Crippen LogP contribution in [0.4, 0.5) is 17.2 Å². The summed E-state index contributed by atoms with van der Waals surface area (Å²) in [4.78, 5) is 14.0. The minimum absolute atomic E-state index is 0.0198. The van der Waals surface area contributed by atoms with Gasteiger partial charge in [-0.25, -0.2) is 4.98 Å². The van der Waals surface area contributed by atoms with Gasteiger partial charge in [0, 0.05) is 0 Å². The predicted molar refractivity (Wildman–Crippen MR) is 56.1 cm³/mol. The zero-order valence-electron chi connectivity index (χ0n) is 8.14. The third-order valence-corrected chi connectivity index (χ3v) is 2.62. The lowest BCUT2D eigenvalue weighted by molar-refractivity contribution is -0.385. The molecule has 1 heterocycles. The van der Waals surface area contributed by atoms with Crippen molar-refractivity contribution < 1.29 is 4.92 Å². The second kappa shape index (κ2) is 3.38. The van der Waals surface area contributed by atoms with E-state index in [1.807, 2.05) is 0 Å². The summed E-state index contributed by atoms with van der Waals surface area (Å²) in [6.45, 7) is 0. The van der Waals surface area contributed by atoms with Crippen LogP contribution in [0.5, 0.6) is 0 Å². The van der Waals surface area contributed by atoms with Crippen molar-refractivity contribution in [3.8, 4) is 0 Å². The number of nitrogens with two attached hydrogens (primary N) is 2. The molecular weight excluding hydrogens is 196 g/mol. The van der Waals surface area contributed by atoms with E-state index in [-0.39, 0.29) is 17.2 Å². The van der Waals surface area contributed by atoms with Gasteiger partial charge in [-0.3, -0.25) is 10.1 Å². The number of aromatic nitrogens is 1. The molecule has 0 bridgehead atoms. The molecule has 0 amide bonds. The maximum Gasteiger partial charge on any atom is 0.292 e. The fourth-order valence-electron chi connectivity index (χ4n) is 1.55. The molecule has 6 nitrogen and oxygen atoms in total. The van der Waals surface area contributed by atoms with E-state index < -0.39 is 4.92 Å². The van der Waals surface area contributed by atoms with E-state index in [9.17, 15) is 10.1 Å². The van der Waals surface area contributed by atoms with Gasteiger partial charge >= 0.3 is 0 Å². The van der Waals surface area contributed by atoms with Gasteiger partial charge < -0.3 is 11.5 Å². The number of hydrogen-bond acceptors (Lipinski definition) is 5. The van der Waals surface area contributed by atoms with Gasteiger partial charge in [0.1, 0.15) is 12.0 Å². The van der Waals surface area contributed by atoms with Crippen LogP contribution in [-0.4, -0.2) is 9.91 Å². The van der Waals surface area contributed by atoms with Crippen molar-refractivity contribution in [2.45, 2.75) is 19.3 Å². The molecule has 0 aromatic carbocycles. The average molecular weight is 208 g/mol. The highest BCUT2D eigenvalue weighted by Crippen LogP contribution is 2.38. The Kier molecular flexibility index (Phi) is 2.18. The standard InChI is InChI=1S/C9H12N4O2/c10-8-6(3-5-1-2-5)7(13(14)15)4-12-9(8)11/h4-5H,1-3,10H2,(H2,11,12). The van der Waals surface area contributed by atoms with Gasteiger partial charge in [-0.1, -0.05) is 0 Å². The van der Waals surface area contributed by atoms with Gasteiger partial charge in [-0.05, 0) is 25.2 Å². The summed E-state index contributed by atoms with van der Waals surface area (Å²) < 4.78 is 0. The number of anilines is 2. The van der Waals surface area contributed by atoms with Gasteiger partial charge in [-0.2, -0.15) is 0 Å². The first kappa shape index (κ1) is 9.70. The summed E-state index contributed by atoms with van der Waals surface area (Å²) in [5.74, 6) is 0.698. The highest BCUT2D eigenvalue weighted by molar-refractivity contribution is 5.68. The quantitative estimate of drug-likeness (QED) is 0.571. The van der Waals surface area contributed by atoms with Crippen molar-refractivity contribution in [1.29, 1.82) is 0 Å². The van der Waals surface area contributed by atoms with Crippen molar-refractivity contribution in [3.63, 3.8) is 0 Å². The van der Waals surface area contributed by atoms with Crippen LogP contribution in [0.3, 0.4) is 0 Å². The minimum Gasteiger partial charge on any atom is -0.395 e. The Hall–Kier alpha value is -1.85. The zero-order chi connectivity index (χ0) is 11.0. The van der Waals surface area contributed by atoms with E-state index in [0.717, 1.165) is 12.8 Å². The number of hydrogen-bond donors (Lipinski definition) is 2. The molecular formula is C9H12N4O2. The van der Waals surface area contributed by atoms with Gasteiger partial charge in [-0.15, -0.1) is 0 Å². The first-order valence-corrected chi connectivity index (χ1v) is 4.76. The number of nitrogen functional groups attached to an aromatic ring is 2. The second-order valence-corrected chi connectivity index (χ2v) is 3.83. The van der Waals surface area contributed by atoms with Crippen LogP contribution in [-0.2, 0) is 6.42 Å². The SMILES string of the molecule is Nc1ncc([N+](=O)[O-])c(CC2CC2)c1N. The highest BCUT2D eigenvalue weighted by atomic mass is 16.6. The lowest BCUT2D eigenvalue weighted by Gasteiger charge is -2.07. The van der Waals surface area contributed by atoms with E-state index in [2.05, 4.69) is 4.98 Å². The molecule has 15 heavy (non-hydrogen) atoms. The molecule has 0 aliphatic heterocycles. The van der Waals surface area contributed by atoms with Crippen LogP contribution in [0, 0.1) is 16.0 Å². The first-order valence-electron chi connectivity index (χ1n) is 4.76. The van der Waals surface area contributed by atoms with Crippen LogP contribution in [0.2, 0.25) is 0 Å². The molecule has 1 aliphatic rings. The van der Waals surface area contributed by atoms with E-state index >= 15 is 0 Å². The molecule has 1 fully saturated rings. The van der Waals surface area contributed by atoms with Crippen LogP contribution in [0.1, 0.15) is 18.4 Å². The lowest BCUT2D eigenvalue weighted by atomic mass is 10.1. The summed E-state index contributed by atoms with van der Waals surface area (Å²) >= 11 is 0. The number of nitrogens with zero attached hydrogens (tertiary/aromatic N) is 2. The predicted octanol–water partition coefficient (Wildman–Crippen LogP) is 1.11. The van der Waals surface area contributed by atoms with E-state index in [1.165, 1.54) is 6.20 Å². The van der Waals surface area contributed by atoms with Crippen molar-refractivity contribution >= 4 is 17.2 Å². The van der Waals surface area contributed by atoms with Crippen LogP contribution >= 0.6 is 0 Å². The van der Waals surface area contributed by atoms with Crippen molar-refractivity contribution in [1.82, 2.24) is 4.98 Å². The smallest absolute Gasteiger partial charge is 0.292 e. The third kappa shape index (κ3) is 1.83. The molecule has 2 rings (SSSR count). The second-order valence-electron chi connectivity index (χ2n) is 3.83. The van der Waals surface area contributed by atoms with Crippen molar-refractivity contribution in [2.75, 3.05) is 11.5 Å². The van der Waals surface area contributed by atoms with Crippen molar-refractivity contribution in [2.24, 2.45) is 5.92 Å². The largest absolute Gasteiger partial charge is 0.395 e. The Balaban J connectivity index is 2.44.